The first-order chi connectivity index (χ1) is 8.29. The van der Waals surface area contributed by atoms with Gasteiger partial charge in [-0.1, -0.05) is 32.0 Å². The number of amides is 1. The highest BCUT2D eigenvalue weighted by Gasteiger charge is 2.23. The number of nitrogens with zero attached hydrogens (tertiary/aromatic N) is 1. The van der Waals surface area contributed by atoms with Crippen LogP contribution in [0.25, 0.3) is 0 Å². The molecule has 3 nitrogen and oxygen atoms in total. The van der Waals surface area contributed by atoms with Gasteiger partial charge in [0.15, 0.2) is 0 Å². The molecular formula is C14H22N2O. The third-order valence-corrected chi connectivity index (χ3v) is 2.78. The molecule has 0 bridgehead atoms. The highest BCUT2D eigenvalue weighted by atomic mass is 16.2. The van der Waals surface area contributed by atoms with E-state index in [4.69, 9.17) is 0 Å². The fourth-order valence-corrected chi connectivity index (χ4v) is 1.89. The third-order valence-electron chi connectivity index (χ3n) is 2.78. The molecule has 1 heterocycles. The summed E-state index contributed by atoms with van der Waals surface area (Å²) in [4.78, 5) is 14.0. The molecule has 1 saturated heterocycles. The smallest absolute Gasteiger partial charge is 0.254 e. The van der Waals surface area contributed by atoms with Gasteiger partial charge in [-0.3, -0.25) is 4.79 Å². The molecule has 0 saturated carbocycles. The van der Waals surface area contributed by atoms with Crippen molar-refractivity contribution in [2.75, 3.05) is 19.6 Å². The molecule has 1 aliphatic heterocycles. The molecular weight excluding hydrogens is 212 g/mol. The summed E-state index contributed by atoms with van der Waals surface area (Å²) in [7, 11) is 0. The zero-order valence-electron chi connectivity index (χ0n) is 10.9. The average Bonchev–Trinajstić information content (AvgIpc) is 2.42. The van der Waals surface area contributed by atoms with E-state index in [2.05, 4.69) is 12.2 Å². The van der Waals surface area contributed by atoms with E-state index >= 15 is 0 Å². The van der Waals surface area contributed by atoms with Crippen LogP contribution in [0.5, 0.6) is 0 Å². The van der Waals surface area contributed by atoms with Gasteiger partial charge in [0.05, 0.1) is 0 Å². The Morgan fingerprint density at radius 3 is 2.53 bits per heavy atom. The van der Waals surface area contributed by atoms with Crippen LogP contribution in [0.1, 0.15) is 31.1 Å². The number of rotatable bonds is 1. The van der Waals surface area contributed by atoms with Crippen molar-refractivity contribution in [2.45, 2.75) is 26.8 Å². The second-order valence-electron chi connectivity index (χ2n) is 3.92. The van der Waals surface area contributed by atoms with Crippen LogP contribution in [0.15, 0.2) is 30.3 Å². The van der Waals surface area contributed by atoms with Crippen LogP contribution >= 0.6 is 0 Å². The maximum atomic E-state index is 12.1. The maximum absolute atomic E-state index is 12.1. The van der Waals surface area contributed by atoms with Crippen LogP contribution in [-0.4, -0.2) is 36.5 Å². The molecule has 1 atom stereocenters. The number of nitrogens with one attached hydrogen (secondary N) is 1. The van der Waals surface area contributed by atoms with Gasteiger partial charge in [-0.25, -0.2) is 0 Å². The quantitative estimate of drug-likeness (QED) is 0.807. The minimum Gasteiger partial charge on any atom is -0.333 e. The number of hydrogen-bond donors (Lipinski definition) is 1. The molecule has 1 aromatic rings. The molecule has 3 heteroatoms. The predicted molar refractivity (Wildman–Crippen MR) is 71.2 cm³/mol. The van der Waals surface area contributed by atoms with E-state index in [1.54, 1.807) is 0 Å². The molecule has 0 unspecified atom stereocenters. The summed E-state index contributed by atoms with van der Waals surface area (Å²) in [6.45, 7) is 8.66. The number of carbonyl (C=O) groups excluding carboxylic acids is 1. The summed E-state index contributed by atoms with van der Waals surface area (Å²) in [5, 5.41) is 3.28. The first kappa shape index (κ1) is 13.7. The minimum atomic E-state index is 0.143. The lowest BCUT2D eigenvalue weighted by molar-refractivity contribution is 0.0656. The van der Waals surface area contributed by atoms with Crippen molar-refractivity contribution < 1.29 is 4.79 Å². The lowest BCUT2D eigenvalue weighted by Crippen LogP contribution is -2.52. The van der Waals surface area contributed by atoms with Crippen LogP contribution in [0, 0.1) is 0 Å². The molecule has 1 aromatic carbocycles. The summed E-state index contributed by atoms with van der Waals surface area (Å²) in [5.41, 5.74) is 0.784. The molecule has 1 amide bonds. The first-order valence-electron chi connectivity index (χ1n) is 6.36. The SMILES string of the molecule is CC.C[C@@H]1CNCCN1C(=O)c1ccccc1. The number of hydrogen-bond acceptors (Lipinski definition) is 2. The van der Waals surface area contributed by atoms with Crippen LogP contribution < -0.4 is 5.32 Å². The van der Waals surface area contributed by atoms with Crippen LogP contribution in [0.2, 0.25) is 0 Å². The van der Waals surface area contributed by atoms with Gasteiger partial charge in [0, 0.05) is 31.2 Å². The Labute approximate surface area is 104 Å². The lowest BCUT2D eigenvalue weighted by atomic mass is 10.1. The summed E-state index contributed by atoms with van der Waals surface area (Å²) in [6, 6.07) is 9.76. The Morgan fingerprint density at radius 1 is 1.29 bits per heavy atom. The van der Waals surface area contributed by atoms with Crippen molar-refractivity contribution in [3.63, 3.8) is 0 Å². The molecule has 1 aliphatic rings. The molecule has 0 aliphatic carbocycles. The number of carbonyl (C=O) groups is 1. The van der Waals surface area contributed by atoms with Crippen molar-refractivity contribution in [3.8, 4) is 0 Å². The molecule has 1 N–H and O–H groups in total. The van der Waals surface area contributed by atoms with Crippen molar-refractivity contribution in [2.24, 2.45) is 0 Å². The van der Waals surface area contributed by atoms with Gasteiger partial charge < -0.3 is 10.2 Å². The highest BCUT2D eigenvalue weighted by Crippen LogP contribution is 2.09. The van der Waals surface area contributed by atoms with E-state index in [0.29, 0.717) is 0 Å². The van der Waals surface area contributed by atoms with E-state index in [9.17, 15) is 4.79 Å². The minimum absolute atomic E-state index is 0.143. The fraction of sp³-hybridized carbons (Fsp3) is 0.500. The van der Waals surface area contributed by atoms with Gasteiger partial charge >= 0.3 is 0 Å². The van der Waals surface area contributed by atoms with E-state index < -0.39 is 0 Å². The summed E-state index contributed by atoms with van der Waals surface area (Å²) in [5.74, 6) is 0.143. The molecule has 94 valence electrons. The topological polar surface area (TPSA) is 32.3 Å². The number of benzene rings is 1. The van der Waals surface area contributed by atoms with Gasteiger partial charge in [0.2, 0.25) is 0 Å². The zero-order valence-corrected chi connectivity index (χ0v) is 10.9. The van der Waals surface area contributed by atoms with Gasteiger partial charge in [-0.05, 0) is 19.1 Å². The molecule has 0 spiro atoms. The first-order valence-corrected chi connectivity index (χ1v) is 6.36. The number of piperazine rings is 1. The monoisotopic (exact) mass is 234 g/mol. The standard InChI is InChI=1S/C12H16N2O.C2H6/c1-10-9-13-7-8-14(10)12(15)11-5-3-2-4-6-11;1-2/h2-6,10,13H,7-9H2,1H3;1-2H3/t10-;/m1./s1. The van der Waals surface area contributed by atoms with Crippen LogP contribution in [0.4, 0.5) is 0 Å². The highest BCUT2D eigenvalue weighted by molar-refractivity contribution is 5.94. The summed E-state index contributed by atoms with van der Waals surface area (Å²) >= 11 is 0. The van der Waals surface area contributed by atoms with Gasteiger partial charge in [-0.2, -0.15) is 0 Å². The molecule has 0 radical (unpaired) electrons. The Bertz CT molecular complexity index is 337. The summed E-state index contributed by atoms with van der Waals surface area (Å²) < 4.78 is 0. The molecule has 17 heavy (non-hydrogen) atoms. The normalized spacial score (nSPS) is 19.2. The van der Waals surface area contributed by atoms with Crippen molar-refractivity contribution in [1.82, 2.24) is 10.2 Å². The summed E-state index contributed by atoms with van der Waals surface area (Å²) in [6.07, 6.45) is 0. The third kappa shape index (κ3) is 3.56. The Morgan fingerprint density at radius 2 is 1.94 bits per heavy atom. The fourth-order valence-electron chi connectivity index (χ4n) is 1.89. The van der Waals surface area contributed by atoms with Crippen LogP contribution in [0.3, 0.4) is 0 Å². The molecule has 2 rings (SSSR count). The van der Waals surface area contributed by atoms with Gasteiger partial charge in [0.1, 0.15) is 0 Å². The maximum Gasteiger partial charge on any atom is 0.254 e. The average molecular weight is 234 g/mol. The second kappa shape index (κ2) is 7.07. The van der Waals surface area contributed by atoms with E-state index in [0.717, 1.165) is 25.2 Å². The van der Waals surface area contributed by atoms with E-state index in [1.807, 2.05) is 49.1 Å². The Balaban J connectivity index is 0.000000686. The Hall–Kier alpha value is -1.35. The van der Waals surface area contributed by atoms with Gasteiger partial charge in [-0.15, -0.1) is 0 Å². The van der Waals surface area contributed by atoms with Crippen molar-refractivity contribution in [1.29, 1.82) is 0 Å². The second-order valence-corrected chi connectivity index (χ2v) is 3.92. The largest absolute Gasteiger partial charge is 0.333 e. The van der Waals surface area contributed by atoms with E-state index in [1.165, 1.54) is 0 Å². The molecule has 0 aromatic heterocycles. The van der Waals surface area contributed by atoms with Crippen LogP contribution in [-0.2, 0) is 0 Å². The van der Waals surface area contributed by atoms with Gasteiger partial charge in [0.25, 0.3) is 5.91 Å². The molecule has 1 fully saturated rings. The zero-order chi connectivity index (χ0) is 12.7. The van der Waals surface area contributed by atoms with E-state index in [-0.39, 0.29) is 11.9 Å². The van der Waals surface area contributed by atoms with Crippen molar-refractivity contribution in [3.05, 3.63) is 35.9 Å². The predicted octanol–water partition coefficient (Wildman–Crippen LogP) is 2.15. The Kier molecular flexibility index (Phi) is 5.70. The van der Waals surface area contributed by atoms with Crippen molar-refractivity contribution >= 4 is 5.91 Å². The lowest BCUT2D eigenvalue weighted by Gasteiger charge is -2.34.